The third-order valence-corrected chi connectivity index (χ3v) is 3.83. The number of rotatable bonds is 6. The van der Waals surface area contributed by atoms with Crippen molar-refractivity contribution in [2.75, 3.05) is 11.4 Å². The summed E-state index contributed by atoms with van der Waals surface area (Å²) in [7, 11) is 1.90. The molecule has 0 unspecified atom stereocenters. The lowest BCUT2D eigenvalue weighted by Crippen LogP contribution is -2.10. The SMILES string of the molecule is CC(C)Oc1cc(C(=O)O)cc(N(C)Sc2ccccc2)c1. The fourth-order valence-corrected chi connectivity index (χ4v) is 2.73. The minimum Gasteiger partial charge on any atom is -0.491 e. The molecule has 0 spiro atoms. The van der Waals surface area contributed by atoms with E-state index in [9.17, 15) is 9.90 Å². The summed E-state index contributed by atoms with van der Waals surface area (Å²) in [5.41, 5.74) is 0.998. The van der Waals surface area contributed by atoms with E-state index in [1.807, 2.05) is 61.6 Å². The number of hydrogen-bond acceptors (Lipinski definition) is 4. The van der Waals surface area contributed by atoms with Crippen molar-refractivity contribution in [3.05, 3.63) is 54.1 Å². The minimum absolute atomic E-state index is 0.0102. The number of benzene rings is 2. The molecule has 116 valence electrons. The topological polar surface area (TPSA) is 49.8 Å². The summed E-state index contributed by atoms with van der Waals surface area (Å²) in [6.07, 6.45) is -0.0102. The van der Waals surface area contributed by atoms with Crippen LogP contribution >= 0.6 is 11.9 Å². The van der Waals surface area contributed by atoms with E-state index in [0.717, 1.165) is 10.6 Å². The van der Waals surface area contributed by atoms with Crippen LogP contribution in [0.3, 0.4) is 0 Å². The molecule has 5 heteroatoms. The summed E-state index contributed by atoms with van der Waals surface area (Å²) in [5.74, 6) is -0.404. The highest BCUT2D eigenvalue weighted by Crippen LogP contribution is 2.31. The molecule has 0 heterocycles. The first-order valence-electron chi connectivity index (χ1n) is 6.97. The highest BCUT2D eigenvalue weighted by Gasteiger charge is 2.12. The molecule has 0 aliphatic rings. The van der Waals surface area contributed by atoms with Crippen molar-refractivity contribution in [3.63, 3.8) is 0 Å². The Hall–Kier alpha value is -2.14. The predicted octanol–water partition coefficient (Wildman–Crippen LogP) is 4.32. The molecule has 0 saturated carbocycles. The van der Waals surface area contributed by atoms with Gasteiger partial charge in [-0.1, -0.05) is 18.2 Å². The molecule has 0 amide bonds. The quantitative estimate of drug-likeness (QED) is 0.804. The second kappa shape index (κ2) is 7.22. The number of hydrogen-bond donors (Lipinski definition) is 1. The molecule has 2 aromatic rings. The van der Waals surface area contributed by atoms with Gasteiger partial charge in [0.25, 0.3) is 0 Å². The van der Waals surface area contributed by atoms with Gasteiger partial charge in [0.15, 0.2) is 0 Å². The van der Waals surface area contributed by atoms with Crippen molar-refractivity contribution in [3.8, 4) is 5.75 Å². The van der Waals surface area contributed by atoms with Gasteiger partial charge in [-0.2, -0.15) is 0 Å². The first-order chi connectivity index (χ1) is 10.5. The van der Waals surface area contributed by atoms with E-state index < -0.39 is 5.97 Å². The molecule has 22 heavy (non-hydrogen) atoms. The third-order valence-electron chi connectivity index (χ3n) is 2.86. The van der Waals surface area contributed by atoms with E-state index in [0.29, 0.717) is 5.75 Å². The van der Waals surface area contributed by atoms with E-state index in [2.05, 4.69) is 0 Å². The fraction of sp³-hybridized carbons (Fsp3) is 0.235. The van der Waals surface area contributed by atoms with Gasteiger partial charge < -0.3 is 14.1 Å². The van der Waals surface area contributed by atoms with Crippen molar-refractivity contribution < 1.29 is 14.6 Å². The molecule has 0 fully saturated rings. The molecular formula is C17H19NO3S. The molecular weight excluding hydrogens is 298 g/mol. The van der Waals surface area contributed by atoms with Crippen LogP contribution in [0.4, 0.5) is 5.69 Å². The number of aromatic carboxylic acids is 1. The summed E-state index contributed by atoms with van der Waals surface area (Å²) >= 11 is 1.53. The molecule has 0 bridgehead atoms. The highest BCUT2D eigenvalue weighted by molar-refractivity contribution is 8.00. The Balaban J connectivity index is 2.28. The Morgan fingerprint density at radius 3 is 2.45 bits per heavy atom. The summed E-state index contributed by atoms with van der Waals surface area (Å²) in [4.78, 5) is 12.4. The molecule has 0 aromatic heterocycles. The van der Waals surface area contributed by atoms with Gasteiger partial charge in [-0.15, -0.1) is 0 Å². The van der Waals surface area contributed by atoms with Gasteiger partial charge in [0.2, 0.25) is 0 Å². The van der Waals surface area contributed by atoms with Crippen LogP contribution in [0.2, 0.25) is 0 Å². The Labute approximate surface area is 134 Å². The molecule has 0 aliphatic heterocycles. The number of anilines is 1. The Morgan fingerprint density at radius 2 is 1.86 bits per heavy atom. The van der Waals surface area contributed by atoms with E-state index in [1.165, 1.54) is 11.9 Å². The Kier molecular flexibility index (Phi) is 5.33. The van der Waals surface area contributed by atoms with Crippen LogP contribution in [-0.4, -0.2) is 24.2 Å². The maximum absolute atomic E-state index is 11.3. The van der Waals surface area contributed by atoms with Crippen LogP contribution in [0.5, 0.6) is 5.75 Å². The summed E-state index contributed by atoms with van der Waals surface area (Å²) in [6, 6.07) is 15.0. The maximum atomic E-state index is 11.3. The van der Waals surface area contributed by atoms with E-state index >= 15 is 0 Å². The van der Waals surface area contributed by atoms with Gasteiger partial charge in [0, 0.05) is 18.0 Å². The minimum atomic E-state index is -0.964. The van der Waals surface area contributed by atoms with Crippen molar-refractivity contribution in [2.45, 2.75) is 24.8 Å². The summed E-state index contributed by atoms with van der Waals surface area (Å²) in [5, 5.41) is 9.26. The van der Waals surface area contributed by atoms with Crippen LogP contribution in [0.15, 0.2) is 53.4 Å². The average molecular weight is 317 g/mol. The van der Waals surface area contributed by atoms with Crippen molar-refractivity contribution >= 4 is 23.6 Å². The molecule has 4 nitrogen and oxygen atoms in total. The third kappa shape index (κ3) is 4.43. The molecule has 2 aromatic carbocycles. The normalized spacial score (nSPS) is 10.5. The lowest BCUT2D eigenvalue weighted by atomic mass is 10.2. The van der Waals surface area contributed by atoms with Gasteiger partial charge in [-0.05, 0) is 50.1 Å². The van der Waals surface area contributed by atoms with Crippen LogP contribution in [-0.2, 0) is 0 Å². The van der Waals surface area contributed by atoms with Gasteiger partial charge in [0.1, 0.15) is 5.75 Å². The summed E-state index contributed by atoms with van der Waals surface area (Å²) in [6.45, 7) is 3.82. The zero-order chi connectivity index (χ0) is 16.1. The lowest BCUT2D eigenvalue weighted by molar-refractivity contribution is 0.0696. The van der Waals surface area contributed by atoms with E-state index in [-0.39, 0.29) is 11.7 Å². The van der Waals surface area contributed by atoms with Crippen molar-refractivity contribution in [1.82, 2.24) is 0 Å². The molecule has 0 atom stereocenters. The summed E-state index contributed by atoms with van der Waals surface area (Å²) < 4.78 is 7.57. The number of nitrogens with zero attached hydrogens (tertiary/aromatic N) is 1. The standard InChI is InChI=1S/C17H19NO3S/c1-12(2)21-15-10-13(17(19)20)9-14(11-15)18(3)22-16-7-5-4-6-8-16/h4-12H,1-3H3,(H,19,20). The average Bonchev–Trinajstić information content (AvgIpc) is 2.47. The number of ether oxygens (including phenoxy) is 1. The Bertz CT molecular complexity index is 644. The number of carbonyl (C=O) groups is 1. The predicted molar refractivity (Wildman–Crippen MR) is 89.9 cm³/mol. The van der Waals surface area contributed by atoms with Gasteiger partial charge in [-0.3, -0.25) is 0 Å². The van der Waals surface area contributed by atoms with Gasteiger partial charge >= 0.3 is 5.97 Å². The molecule has 0 aliphatic carbocycles. The number of carboxylic acid groups (broad SMARTS) is 1. The zero-order valence-electron chi connectivity index (χ0n) is 12.8. The van der Waals surface area contributed by atoms with Gasteiger partial charge in [0.05, 0.1) is 17.4 Å². The second-order valence-corrected chi connectivity index (χ2v) is 6.29. The maximum Gasteiger partial charge on any atom is 0.335 e. The molecule has 1 N–H and O–H groups in total. The molecule has 2 rings (SSSR count). The van der Waals surface area contributed by atoms with E-state index in [1.54, 1.807) is 12.1 Å². The highest BCUT2D eigenvalue weighted by atomic mass is 32.2. The first kappa shape index (κ1) is 16.2. The van der Waals surface area contributed by atoms with Crippen LogP contribution in [0.25, 0.3) is 0 Å². The van der Waals surface area contributed by atoms with Crippen molar-refractivity contribution in [2.24, 2.45) is 0 Å². The van der Waals surface area contributed by atoms with Crippen LogP contribution < -0.4 is 9.04 Å². The Morgan fingerprint density at radius 1 is 1.18 bits per heavy atom. The first-order valence-corrected chi connectivity index (χ1v) is 7.75. The zero-order valence-corrected chi connectivity index (χ0v) is 13.6. The smallest absolute Gasteiger partial charge is 0.335 e. The van der Waals surface area contributed by atoms with E-state index in [4.69, 9.17) is 4.74 Å². The second-order valence-electron chi connectivity index (χ2n) is 5.09. The largest absolute Gasteiger partial charge is 0.491 e. The number of carboxylic acids is 1. The van der Waals surface area contributed by atoms with Crippen molar-refractivity contribution in [1.29, 1.82) is 0 Å². The van der Waals surface area contributed by atoms with Gasteiger partial charge in [-0.25, -0.2) is 4.79 Å². The lowest BCUT2D eigenvalue weighted by Gasteiger charge is -2.20. The van der Waals surface area contributed by atoms with Crippen LogP contribution in [0.1, 0.15) is 24.2 Å². The fourth-order valence-electron chi connectivity index (χ4n) is 1.92. The monoisotopic (exact) mass is 317 g/mol. The molecule has 0 saturated heterocycles. The molecule has 0 radical (unpaired) electrons. The van der Waals surface area contributed by atoms with Crippen LogP contribution in [0, 0.1) is 0 Å².